The van der Waals surface area contributed by atoms with Gasteiger partial charge in [0.1, 0.15) is 5.71 Å². The third-order valence-electron chi connectivity index (χ3n) is 4.63. The third-order valence-corrected chi connectivity index (χ3v) is 6.38. The molecule has 11 heteroatoms. The summed E-state index contributed by atoms with van der Waals surface area (Å²) >= 11 is 0. The van der Waals surface area contributed by atoms with E-state index in [2.05, 4.69) is 10.4 Å². The van der Waals surface area contributed by atoms with Crippen LogP contribution < -0.4 is 5.32 Å². The molecular formula is C16H18N4O6S. The number of amides is 2. The van der Waals surface area contributed by atoms with Crippen molar-refractivity contribution in [3.8, 4) is 0 Å². The lowest BCUT2D eigenvalue weighted by molar-refractivity contribution is -0.385. The first kappa shape index (κ1) is 19.0. The lowest BCUT2D eigenvalue weighted by Gasteiger charge is -2.27. The third kappa shape index (κ3) is 3.97. The summed E-state index contributed by atoms with van der Waals surface area (Å²) in [5.41, 5.74) is 0.557. The van der Waals surface area contributed by atoms with Crippen LogP contribution >= 0.6 is 0 Å². The number of carbonyl (C=O) groups is 2. The minimum atomic E-state index is -3.20. The van der Waals surface area contributed by atoms with E-state index in [1.165, 1.54) is 25.1 Å². The summed E-state index contributed by atoms with van der Waals surface area (Å²) in [5, 5.41) is 18.8. The number of benzene rings is 1. The Morgan fingerprint density at radius 1 is 1.37 bits per heavy atom. The first-order chi connectivity index (χ1) is 12.7. The van der Waals surface area contributed by atoms with Gasteiger partial charge in [0.05, 0.1) is 33.7 Å². The first-order valence-corrected chi connectivity index (χ1v) is 10.2. The van der Waals surface area contributed by atoms with E-state index in [0.29, 0.717) is 5.56 Å². The predicted octanol–water partition coefficient (Wildman–Crippen LogP) is 1.01. The van der Waals surface area contributed by atoms with Crippen LogP contribution in [0.3, 0.4) is 0 Å². The topological polar surface area (TPSA) is 139 Å². The van der Waals surface area contributed by atoms with Gasteiger partial charge < -0.3 is 5.32 Å². The molecule has 144 valence electrons. The van der Waals surface area contributed by atoms with Crippen molar-refractivity contribution in [2.24, 2.45) is 5.10 Å². The van der Waals surface area contributed by atoms with Crippen LogP contribution in [-0.4, -0.2) is 53.4 Å². The molecule has 2 aliphatic heterocycles. The predicted molar refractivity (Wildman–Crippen MR) is 97.0 cm³/mol. The van der Waals surface area contributed by atoms with Crippen molar-refractivity contribution in [2.75, 3.05) is 16.8 Å². The summed E-state index contributed by atoms with van der Waals surface area (Å²) in [5.74, 6) is -1.07. The number of carbonyl (C=O) groups excluding carboxylic acids is 2. The Hall–Kier alpha value is -2.82. The van der Waals surface area contributed by atoms with E-state index in [1.807, 2.05) is 0 Å². The zero-order valence-corrected chi connectivity index (χ0v) is 15.4. The van der Waals surface area contributed by atoms with Gasteiger partial charge in [0.2, 0.25) is 5.91 Å². The molecule has 1 aromatic carbocycles. The number of nitro groups is 1. The van der Waals surface area contributed by atoms with Gasteiger partial charge in [0.15, 0.2) is 9.84 Å². The van der Waals surface area contributed by atoms with Crippen molar-refractivity contribution in [3.05, 3.63) is 33.9 Å². The summed E-state index contributed by atoms with van der Waals surface area (Å²) in [6.07, 6.45) is 0.460. The monoisotopic (exact) mass is 394 g/mol. The van der Waals surface area contributed by atoms with Gasteiger partial charge in [-0.15, -0.1) is 0 Å². The van der Waals surface area contributed by atoms with E-state index < -0.39 is 26.7 Å². The van der Waals surface area contributed by atoms with Gasteiger partial charge in [0.25, 0.3) is 11.6 Å². The highest BCUT2D eigenvalue weighted by Crippen LogP contribution is 2.26. The van der Waals surface area contributed by atoms with Crippen molar-refractivity contribution < 1.29 is 22.9 Å². The highest BCUT2D eigenvalue weighted by atomic mass is 32.2. The molecule has 0 aromatic heterocycles. The van der Waals surface area contributed by atoms with Crippen molar-refractivity contribution in [3.63, 3.8) is 0 Å². The summed E-state index contributed by atoms with van der Waals surface area (Å²) < 4.78 is 23.3. The fourth-order valence-electron chi connectivity index (χ4n) is 3.14. The van der Waals surface area contributed by atoms with E-state index in [-0.39, 0.29) is 53.8 Å². The maximum absolute atomic E-state index is 12.5. The number of sulfone groups is 1. The molecule has 0 bridgehead atoms. The average Bonchev–Trinajstić information content (AvgIpc) is 2.96. The van der Waals surface area contributed by atoms with Crippen molar-refractivity contribution >= 4 is 38.7 Å². The molecule has 1 fully saturated rings. The molecule has 2 aliphatic rings. The quantitative estimate of drug-likeness (QED) is 0.597. The summed E-state index contributed by atoms with van der Waals surface area (Å²) in [6, 6.07) is 3.77. The molecule has 0 radical (unpaired) electrons. The zero-order chi connectivity index (χ0) is 19.8. The van der Waals surface area contributed by atoms with Crippen LogP contribution in [-0.2, 0) is 19.4 Å². The molecule has 10 nitrogen and oxygen atoms in total. The fourth-order valence-corrected chi connectivity index (χ4v) is 4.83. The number of nitro benzene ring substituents is 1. The molecule has 0 unspecified atom stereocenters. The molecule has 27 heavy (non-hydrogen) atoms. The highest BCUT2D eigenvalue weighted by Gasteiger charge is 2.37. The molecular weight excluding hydrogens is 376 g/mol. The largest absolute Gasteiger partial charge is 0.320 e. The Kier molecular flexibility index (Phi) is 4.96. The van der Waals surface area contributed by atoms with Gasteiger partial charge in [-0.1, -0.05) is 6.07 Å². The lowest BCUT2D eigenvalue weighted by Crippen LogP contribution is -2.42. The van der Waals surface area contributed by atoms with Crippen LogP contribution in [0.25, 0.3) is 0 Å². The minimum absolute atomic E-state index is 0.00856. The second-order valence-corrected chi connectivity index (χ2v) is 8.73. The Morgan fingerprint density at radius 2 is 2.11 bits per heavy atom. The fraction of sp³-hybridized carbons (Fsp3) is 0.438. The van der Waals surface area contributed by atoms with E-state index in [9.17, 15) is 28.1 Å². The molecule has 3 rings (SSSR count). The maximum Gasteiger partial charge on any atom is 0.274 e. The van der Waals surface area contributed by atoms with Gasteiger partial charge in [0, 0.05) is 18.9 Å². The van der Waals surface area contributed by atoms with Crippen molar-refractivity contribution in [2.45, 2.75) is 32.2 Å². The Bertz CT molecular complexity index is 956. The van der Waals surface area contributed by atoms with Crippen LogP contribution in [0.15, 0.2) is 23.3 Å². The molecule has 0 saturated carbocycles. The van der Waals surface area contributed by atoms with Gasteiger partial charge in [-0.25, -0.2) is 13.4 Å². The van der Waals surface area contributed by atoms with Crippen LogP contribution in [0.4, 0.5) is 11.4 Å². The van der Waals surface area contributed by atoms with Gasteiger partial charge >= 0.3 is 0 Å². The number of nitrogens with zero attached hydrogens (tertiary/aromatic N) is 3. The Labute approximate surface area is 155 Å². The van der Waals surface area contributed by atoms with Crippen molar-refractivity contribution in [1.29, 1.82) is 0 Å². The molecule has 2 amide bonds. The second-order valence-electron chi connectivity index (χ2n) is 6.50. The lowest BCUT2D eigenvalue weighted by atomic mass is 10.1. The number of hydrazone groups is 1. The maximum atomic E-state index is 12.5. The highest BCUT2D eigenvalue weighted by molar-refractivity contribution is 7.91. The summed E-state index contributed by atoms with van der Waals surface area (Å²) in [7, 11) is -3.20. The molecule has 1 saturated heterocycles. The smallest absolute Gasteiger partial charge is 0.274 e. The molecule has 2 heterocycles. The van der Waals surface area contributed by atoms with E-state index in [4.69, 9.17) is 0 Å². The van der Waals surface area contributed by atoms with Crippen LogP contribution in [0.5, 0.6) is 0 Å². The van der Waals surface area contributed by atoms with E-state index in [1.54, 1.807) is 0 Å². The first-order valence-electron chi connectivity index (χ1n) is 8.33. The van der Waals surface area contributed by atoms with E-state index in [0.717, 1.165) is 5.01 Å². The minimum Gasteiger partial charge on any atom is -0.320 e. The molecule has 0 spiro atoms. The Balaban J connectivity index is 1.80. The molecule has 1 atom stereocenters. The number of anilines is 1. The van der Waals surface area contributed by atoms with Crippen molar-refractivity contribution in [1.82, 2.24) is 5.01 Å². The number of hydrogen-bond donors (Lipinski definition) is 1. The standard InChI is InChI=1S/C16H18N4O6S/c1-10-12(3-2-4-14(10)20(23)24)17-16(22)13-5-6-15(21)19(18-13)11-7-8-27(25,26)9-11/h2-4,11H,5-9H2,1H3,(H,17,22)/t11-/m0/s1. The SMILES string of the molecule is Cc1c(NC(=O)C2=NN([C@H]3CCS(=O)(=O)C3)C(=O)CC2)cccc1[N+](=O)[O-]. The van der Waals surface area contributed by atoms with Gasteiger partial charge in [-0.05, 0) is 19.4 Å². The molecule has 1 N–H and O–H groups in total. The number of hydrogen-bond acceptors (Lipinski definition) is 7. The summed E-state index contributed by atoms with van der Waals surface area (Å²) in [4.78, 5) is 35.1. The van der Waals surface area contributed by atoms with Crippen LogP contribution in [0, 0.1) is 17.0 Å². The zero-order valence-electron chi connectivity index (χ0n) is 14.5. The van der Waals surface area contributed by atoms with Crippen LogP contribution in [0.1, 0.15) is 24.8 Å². The normalized spacial score (nSPS) is 21.7. The average molecular weight is 394 g/mol. The molecule has 0 aliphatic carbocycles. The van der Waals surface area contributed by atoms with Gasteiger partial charge in [-0.3, -0.25) is 19.7 Å². The number of nitrogens with one attached hydrogen (secondary N) is 1. The number of rotatable bonds is 4. The Morgan fingerprint density at radius 3 is 2.74 bits per heavy atom. The van der Waals surface area contributed by atoms with E-state index >= 15 is 0 Å². The summed E-state index contributed by atoms with van der Waals surface area (Å²) in [6.45, 7) is 1.52. The second kappa shape index (κ2) is 7.06. The van der Waals surface area contributed by atoms with Gasteiger partial charge in [-0.2, -0.15) is 5.10 Å². The molecule has 1 aromatic rings. The van der Waals surface area contributed by atoms with Crippen LogP contribution in [0.2, 0.25) is 0 Å².